The van der Waals surface area contributed by atoms with Crippen molar-refractivity contribution < 1.29 is 19.1 Å². The van der Waals surface area contributed by atoms with Gasteiger partial charge in [0.1, 0.15) is 5.60 Å². The molecule has 1 rings (SSSR count). The largest absolute Gasteiger partial charge is 0.444 e. The van der Waals surface area contributed by atoms with Gasteiger partial charge in [-0.2, -0.15) is 0 Å². The van der Waals surface area contributed by atoms with E-state index < -0.39 is 11.7 Å². The number of rotatable bonds is 8. The Balaban J connectivity index is 2.37. The minimum Gasteiger partial charge on any atom is -0.444 e. The van der Waals surface area contributed by atoms with Gasteiger partial charge < -0.3 is 19.7 Å². The van der Waals surface area contributed by atoms with E-state index in [2.05, 4.69) is 12.2 Å². The smallest absolute Gasteiger partial charge is 0.407 e. The summed E-state index contributed by atoms with van der Waals surface area (Å²) in [4.78, 5) is 26.1. The van der Waals surface area contributed by atoms with Crippen molar-refractivity contribution in [2.45, 2.75) is 90.9 Å². The van der Waals surface area contributed by atoms with Crippen LogP contribution in [0.1, 0.15) is 73.1 Å². The maximum absolute atomic E-state index is 12.4. The zero-order valence-electron chi connectivity index (χ0n) is 16.6. The van der Waals surface area contributed by atoms with Gasteiger partial charge in [0.05, 0.1) is 18.8 Å². The van der Waals surface area contributed by atoms with Crippen LogP contribution >= 0.6 is 0 Å². The highest BCUT2D eigenvalue weighted by atomic mass is 16.6. The molecule has 1 aliphatic heterocycles. The molecule has 2 amide bonds. The average Bonchev–Trinajstić information content (AvgIpc) is 2.52. The van der Waals surface area contributed by atoms with Crippen LogP contribution in [-0.2, 0) is 14.3 Å². The van der Waals surface area contributed by atoms with Gasteiger partial charge in [-0.1, -0.05) is 32.6 Å². The van der Waals surface area contributed by atoms with Gasteiger partial charge in [0.25, 0.3) is 0 Å². The Morgan fingerprint density at radius 1 is 1.24 bits per heavy atom. The first-order valence-corrected chi connectivity index (χ1v) is 9.62. The summed E-state index contributed by atoms with van der Waals surface area (Å²) in [6.07, 6.45) is 5.66. The molecule has 1 fully saturated rings. The molecule has 1 heterocycles. The van der Waals surface area contributed by atoms with Crippen molar-refractivity contribution >= 4 is 12.0 Å². The summed E-state index contributed by atoms with van der Waals surface area (Å²) in [6.45, 7) is 11.2. The molecule has 0 bridgehead atoms. The van der Waals surface area contributed by atoms with E-state index in [0.29, 0.717) is 26.1 Å². The minimum absolute atomic E-state index is 0.189. The lowest BCUT2D eigenvalue weighted by Crippen LogP contribution is -2.54. The molecule has 25 heavy (non-hydrogen) atoms. The summed E-state index contributed by atoms with van der Waals surface area (Å²) in [5, 5.41) is 2.81. The third-order valence-corrected chi connectivity index (χ3v) is 4.24. The monoisotopic (exact) mass is 356 g/mol. The number of nitrogens with one attached hydrogen (secondary N) is 1. The van der Waals surface area contributed by atoms with Crippen molar-refractivity contribution in [3.63, 3.8) is 0 Å². The van der Waals surface area contributed by atoms with E-state index in [1.807, 2.05) is 32.6 Å². The minimum atomic E-state index is -0.531. The highest BCUT2D eigenvalue weighted by Crippen LogP contribution is 2.14. The van der Waals surface area contributed by atoms with E-state index >= 15 is 0 Å². The molecule has 6 nitrogen and oxygen atoms in total. The van der Waals surface area contributed by atoms with Crippen molar-refractivity contribution in [2.24, 2.45) is 0 Å². The van der Waals surface area contributed by atoms with Crippen LogP contribution in [-0.4, -0.2) is 54.3 Å². The second kappa shape index (κ2) is 10.6. The molecule has 0 aromatic carbocycles. The number of carbonyl (C=O) groups excluding carboxylic acids is 2. The van der Waals surface area contributed by atoms with E-state index in [-0.39, 0.29) is 18.1 Å². The Morgan fingerprint density at radius 2 is 1.92 bits per heavy atom. The fourth-order valence-electron chi connectivity index (χ4n) is 2.83. The summed E-state index contributed by atoms with van der Waals surface area (Å²) in [5.41, 5.74) is -0.531. The Hall–Kier alpha value is -1.30. The molecule has 0 aromatic rings. The second-order valence-electron chi connectivity index (χ2n) is 7.85. The van der Waals surface area contributed by atoms with Gasteiger partial charge in [-0.3, -0.25) is 4.79 Å². The third kappa shape index (κ3) is 9.10. The standard InChI is InChI=1S/C19H36N2O4/c1-6-7-8-9-10-11-17(22)21-12-13-24-16(14-21)15(2)20-18(23)25-19(3,4)5/h15-16H,6-14H2,1-5H3,(H,20,23)/t15-,16+/m1/s1. The van der Waals surface area contributed by atoms with Crippen molar-refractivity contribution in [1.82, 2.24) is 10.2 Å². The van der Waals surface area contributed by atoms with Crippen LogP contribution in [0.3, 0.4) is 0 Å². The fraction of sp³-hybridized carbons (Fsp3) is 0.895. The fourth-order valence-corrected chi connectivity index (χ4v) is 2.83. The van der Waals surface area contributed by atoms with Crippen LogP contribution < -0.4 is 5.32 Å². The molecular weight excluding hydrogens is 320 g/mol. The molecule has 0 spiro atoms. The van der Waals surface area contributed by atoms with Gasteiger partial charge in [-0.25, -0.2) is 4.79 Å². The molecule has 1 N–H and O–H groups in total. The Kier molecular flexibility index (Phi) is 9.25. The van der Waals surface area contributed by atoms with Crippen LogP contribution in [0.15, 0.2) is 0 Å². The van der Waals surface area contributed by atoms with Gasteiger partial charge in [-0.15, -0.1) is 0 Å². The van der Waals surface area contributed by atoms with E-state index in [0.717, 1.165) is 12.8 Å². The first-order chi connectivity index (χ1) is 11.7. The molecule has 146 valence electrons. The van der Waals surface area contributed by atoms with Gasteiger partial charge in [0, 0.05) is 19.5 Å². The highest BCUT2D eigenvalue weighted by Gasteiger charge is 2.29. The van der Waals surface area contributed by atoms with E-state index in [1.54, 1.807) is 0 Å². The lowest BCUT2D eigenvalue weighted by molar-refractivity contribution is -0.139. The van der Waals surface area contributed by atoms with E-state index in [1.165, 1.54) is 19.3 Å². The van der Waals surface area contributed by atoms with Crippen LogP contribution in [0.4, 0.5) is 4.79 Å². The number of hydrogen-bond donors (Lipinski definition) is 1. The van der Waals surface area contributed by atoms with Crippen LogP contribution in [0.5, 0.6) is 0 Å². The predicted molar refractivity (Wildman–Crippen MR) is 98.5 cm³/mol. The maximum atomic E-state index is 12.4. The van der Waals surface area contributed by atoms with Crippen LogP contribution in [0.25, 0.3) is 0 Å². The Morgan fingerprint density at radius 3 is 2.56 bits per heavy atom. The molecule has 0 radical (unpaired) electrons. The zero-order valence-corrected chi connectivity index (χ0v) is 16.6. The number of nitrogens with zero attached hydrogens (tertiary/aromatic N) is 1. The Bertz CT molecular complexity index is 420. The van der Waals surface area contributed by atoms with Gasteiger partial charge in [0.2, 0.25) is 5.91 Å². The summed E-state index contributed by atoms with van der Waals surface area (Å²) in [5.74, 6) is 0.189. The van der Waals surface area contributed by atoms with Crippen molar-refractivity contribution in [2.75, 3.05) is 19.7 Å². The first-order valence-electron chi connectivity index (χ1n) is 9.62. The summed E-state index contributed by atoms with van der Waals surface area (Å²) >= 11 is 0. The summed E-state index contributed by atoms with van der Waals surface area (Å²) in [6, 6.07) is -0.213. The molecular formula is C19H36N2O4. The first kappa shape index (κ1) is 21.7. The average molecular weight is 357 g/mol. The molecule has 0 aliphatic carbocycles. The molecule has 6 heteroatoms. The summed E-state index contributed by atoms with van der Waals surface area (Å²) < 4.78 is 11.0. The number of unbranched alkanes of at least 4 members (excludes halogenated alkanes) is 4. The van der Waals surface area contributed by atoms with Crippen molar-refractivity contribution in [3.8, 4) is 0 Å². The Labute approximate surface area is 152 Å². The molecule has 1 aliphatic rings. The van der Waals surface area contributed by atoms with Crippen molar-refractivity contribution in [3.05, 3.63) is 0 Å². The number of amides is 2. The lowest BCUT2D eigenvalue weighted by Gasteiger charge is -2.36. The molecule has 0 saturated carbocycles. The lowest BCUT2D eigenvalue weighted by atomic mass is 10.1. The van der Waals surface area contributed by atoms with Gasteiger partial charge in [0.15, 0.2) is 0 Å². The molecule has 2 atom stereocenters. The van der Waals surface area contributed by atoms with Crippen LogP contribution in [0.2, 0.25) is 0 Å². The normalized spacial score (nSPS) is 19.4. The van der Waals surface area contributed by atoms with E-state index in [4.69, 9.17) is 9.47 Å². The van der Waals surface area contributed by atoms with E-state index in [9.17, 15) is 9.59 Å². The second-order valence-corrected chi connectivity index (χ2v) is 7.85. The van der Waals surface area contributed by atoms with Gasteiger partial charge in [-0.05, 0) is 34.1 Å². The van der Waals surface area contributed by atoms with Gasteiger partial charge >= 0.3 is 6.09 Å². The SMILES string of the molecule is CCCCCCCC(=O)N1CCO[C@H]([C@@H](C)NC(=O)OC(C)(C)C)C1. The molecule has 0 unspecified atom stereocenters. The number of morpholine rings is 1. The van der Waals surface area contributed by atoms with Crippen LogP contribution in [0, 0.1) is 0 Å². The summed E-state index contributed by atoms with van der Waals surface area (Å²) in [7, 11) is 0. The molecule has 0 aromatic heterocycles. The third-order valence-electron chi connectivity index (χ3n) is 4.24. The maximum Gasteiger partial charge on any atom is 0.407 e. The number of ether oxygens (including phenoxy) is 2. The highest BCUT2D eigenvalue weighted by molar-refractivity contribution is 5.76. The molecule has 1 saturated heterocycles. The quantitative estimate of drug-likeness (QED) is 0.676. The number of carbonyl (C=O) groups is 2. The van der Waals surface area contributed by atoms with Crippen molar-refractivity contribution in [1.29, 1.82) is 0 Å². The number of hydrogen-bond acceptors (Lipinski definition) is 4. The zero-order chi connectivity index (χ0) is 18.9. The number of alkyl carbamates (subject to hydrolysis) is 1. The topological polar surface area (TPSA) is 67.9 Å². The predicted octanol–water partition coefficient (Wildman–Crippen LogP) is 3.49.